The van der Waals surface area contributed by atoms with Crippen LogP contribution in [-0.4, -0.2) is 56.6 Å². The maximum Gasteiger partial charge on any atom is 0.244 e. The Balaban J connectivity index is 2.34. The molecule has 2 aromatic rings. The van der Waals surface area contributed by atoms with Gasteiger partial charge in [0.15, 0.2) is 0 Å². The van der Waals surface area contributed by atoms with Crippen molar-refractivity contribution < 1.29 is 22.4 Å². The van der Waals surface area contributed by atoms with Gasteiger partial charge in [-0.3, -0.25) is 13.9 Å². The number of anilines is 1. The predicted octanol–water partition coefficient (Wildman–Crippen LogP) is 2.97. The normalized spacial score (nSPS) is 12.3. The quantitative estimate of drug-likeness (QED) is 0.539. The molecule has 0 saturated carbocycles. The topological polar surface area (TPSA) is 86.8 Å². The van der Waals surface area contributed by atoms with Gasteiger partial charge in [0.1, 0.15) is 18.4 Å². The lowest BCUT2D eigenvalue weighted by Crippen LogP contribution is -2.54. The number of rotatable bonds is 11. The van der Waals surface area contributed by atoms with Crippen LogP contribution in [0.5, 0.6) is 0 Å². The highest BCUT2D eigenvalue weighted by Gasteiger charge is 2.31. The summed E-state index contributed by atoms with van der Waals surface area (Å²) in [5.74, 6) is -1.31. The van der Waals surface area contributed by atoms with E-state index in [1.807, 2.05) is 51.1 Å². The Kier molecular flexibility index (Phi) is 9.40. The van der Waals surface area contributed by atoms with Crippen molar-refractivity contribution >= 4 is 27.5 Å². The number of hydrogen-bond donors (Lipinski definition) is 1. The summed E-state index contributed by atoms with van der Waals surface area (Å²) in [6, 6.07) is 13.6. The van der Waals surface area contributed by atoms with Crippen molar-refractivity contribution in [3.63, 3.8) is 0 Å². The lowest BCUT2D eigenvalue weighted by Gasteiger charge is -2.33. The molecule has 7 nitrogen and oxygen atoms in total. The van der Waals surface area contributed by atoms with Crippen molar-refractivity contribution in [1.82, 2.24) is 10.2 Å². The van der Waals surface area contributed by atoms with Gasteiger partial charge >= 0.3 is 0 Å². The molecule has 0 saturated heterocycles. The lowest BCUT2D eigenvalue weighted by molar-refractivity contribution is -0.139. The summed E-state index contributed by atoms with van der Waals surface area (Å²) in [6.07, 6.45) is 1.86. The molecule has 0 aliphatic rings. The number of hydrogen-bond acceptors (Lipinski definition) is 4. The van der Waals surface area contributed by atoms with E-state index in [-0.39, 0.29) is 24.2 Å². The summed E-state index contributed by atoms with van der Waals surface area (Å²) in [5.41, 5.74) is 1.17. The van der Waals surface area contributed by atoms with Crippen molar-refractivity contribution in [2.45, 2.75) is 45.7 Å². The van der Waals surface area contributed by atoms with Gasteiger partial charge in [-0.25, -0.2) is 12.8 Å². The highest BCUT2D eigenvalue weighted by atomic mass is 32.2. The molecule has 0 heterocycles. The van der Waals surface area contributed by atoms with Crippen LogP contribution in [0, 0.1) is 5.82 Å². The first kappa shape index (κ1) is 26.3. The molecule has 9 heteroatoms. The highest BCUT2D eigenvalue weighted by molar-refractivity contribution is 7.92. The molecule has 1 atom stereocenters. The number of amides is 2. The predicted molar refractivity (Wildman–Crippen MR) is 128 cm³/mol. The van der Waals surface area contributed by atoms with E-state index in [0.717, 1.165) is 28.3 Å². The van der Waals surface area contributed by atoms with Crippen molar-refractivity contribution in [2.24, 2.45) is 0 Å². The van der Waals surface area contributed by atoms with E-state index in [4.69, 9.17) is 0 Å². The maximum atomic E-state index is 13.4. The van der Waals surface area contributed by atoms with Gasteiger partial charge < -0.3 is 10.2 Å². The Hall–Kier alpha value is -2.94. The van der Waals surface area contributed by atoms with Crippen molar-refractivity contribution in [1.29, 1.82) is 0 Å². The summed E-state index contributed by atoms with van der Waals surface area (Å²) in [6.45, 7) is 5.22. The van der Waals surface area contributed by atoms with Gasteiger partial charge in [0.2, 0.25) is 21.8 Å². The summed E-state index contributed by atoms with van der Waals surface area (Å²) in [5, 5.41) is 2.84. The van der Waals surface area contributed by atoms with E-state index >= 15 is 0 Å². The number of sulfonamides is 1. The number of carbonyl (C=O) groups is 2. The minimum absolute atomic E-state index is 0.107. The molecule has 2 aromatic carbocycles. The summed E-state index contributed by atoms with van der Waals surface area (Å²) in [4.78, 5) is 27.7. The molecule has 0 bridgehead atoms. The minimum Gasteiger partial charge on any atom is -0.352 e. The first-order chi connectivity index (χ1) is 15.5. The maximum absolute atomic E-state index is 13.4. The summed E-state index contributed by atoms with van der Waals surface area (Å²) in [7, 11) is -3.84. The van der Waals surface area contributed by atoms with Crippen molar-refractivity contribution in [2.75, 3.05) is 23.7 Å². The second-order valence-corrected chi connectivity index (χ2v) is 10.1. The third-order valence-electron chi connectivity index (χ3n) is 5.09. The molecule has 0 aromatic heterocycles. The fraction of sp³-hybridized carbons (Fsp3) is 0.417. The molecule has 33 heavy (non-hydrogen) atoms. The van der Waals surface area contributed by atoms with Gasteiger partial charge in [-0.2, -0.15) is 0 Å². The largest absolute Gasteiger partial charge is 0.352 e. The molecule has 0 radical (unpaired) electrons. The second-order valence-electron chi connectivity index (χ2n) is 8.16. The fourth-order valence-corrected chi connectivity index (χ4v) is 4.35. The Bertz CT molecular complexity index is 1030. The third-order valence-corrected chi connectivity index (χ3v) is 6.24. The van der Waals surface area contributed by atoms with Crippen molar-refractivity contribution in [3.8, 4) is 0 Å². The SMILES string of the molecule is CCC(C(=O)NC(C)C)N(CCc1ccccc1)C(=O)CN(c1ccc(F)cc1)S(C)(=O)=O. The van der Waals surface area contributed by atoms with Gasteiger partial charge in [-0.1, -0.05) is 37.3 Å². The van der Waals surface area contributed by atoms with E-state index in [1.165, 1.54) is 17.0 Å². The van der Waals surface area contributed by atoms with Gasteiger partial charge in [-0.15, -0.1) is 0 Å². The minimum atomic E-state index is -3.84. The average Bonchev–Trinajstić information content (AvgIpc) is 2.75. The van der Waals surface area contributed by atoms with Crippen LogP contribution in [-0.2, 0) is 26.0 Å². The molecular weight excluding hydrogens is 445 g/mol. The molecule has 0 aliphatic heterocycles. The third kappa shape index (κ3) is 7.85. The molecule has 180 valence electrons. The number of halogens is 1. The van der Waals surface area contributed by atoms with Crippen LogP contribution in [0.1, 0.15) is 32.8 Å². The zero-order valence-corrected chi connectivity index (χ0v) is 20.3. The van der Waals surface area contributed by atoms with E-state index in [2.05, 4.69) is 5.32 Å². The number of nitrogens with zero attached hydrogens (tertiary/aromatic N) is 2. The van der Waals surface area contributed by atoms with Crippen LogP contribution < -0.4 is 9.62 Å². The second kappa shape index (κ2) is 11.8. The molecular formula is C24H32FN3O4S. The van der Waals surface area contributed by atoms with Crippen molar-refractivity contribution in [3.05, 3.63) is 66.0 Å². The van der Waals surface area contributed by atoms with E-state index < -0.39 is 34.3 Å². The van der Waals surface area contributed by atoms with Crippen LogP contribution in [0.4, 0.5) is 10.1 Å². The molecule has 1 unspecified atom stereocenters. The van der Waals surface area contributed by atoms with Crippen LogP contribution in [0.3, 0.4) is 0 Å². The van der Waals surface area contributed by atoms with E-state index in [0.29, 0.717) is 12.8 Å². The van der Waals surface area contributed by atoms with Gasteiger partial charge in [-0.05, 0) is 56.5 Å². The molecule has 0 spiro atoms. The monoisotopic (exact) mass is 477 g/mol. The zero-order valence-electron chi connectivity index (χ0n) is 19.5. The standard InChI is InChI=1S/C24H32FN3O4S/c1-5-22(24(30)26-18(2)3)27(16-15-19-9-7-6-8-10-19)23(29)17-28(33(4,31)32)21-13-11-20(25)12-14-21/h6-14,18,22H,5,15-17H2,1-4H3,(H,26,30). The molecule has 0 fully saturated rings. The molecule has 1 N–H and O–H groups in total. The Morgan fingerprint density at radius 3 is 2.15 bits per heavy atom. The average molecular weight is 478 g/mol. The highest BCUT2D eigenvalue weighted by Crippen LogP contribution is 2.19. The number of carbonyl (C=O) groups excluding carboxylic acids is 2. The fourth-order valence-electron chi connectivity index (χ4n) is 3.50. The molecule has 2 rings (SSSR count). The number of benzene rings is 2. The van der Waals surface area contributed by atoms with Crippen LogP contribution in [0.2, 0.25) is 0 Å². The van der Waals surface area contributed by atoms with Gasteiger partial charge in [0.25, 0.3) is 0 Å². The van der Waals surface area contributed by atoms with Gasteiger partial charge in [0.05, 0.1) is 11.9 Å². The summed E-state index contributed by atoms with van der Waals surface area (Å²) < 4.78 is 39.2. The van der Waals surface area contributed by atoms with Crippen LogP contribution in [0.25, 0.3) is 0 Å². The van der Waals surface area contributed by atoms with Crippen LogP contribution in [0.15, 0.2) is 54.6 Å². The van der Waals surface area contributed by atoms with E-state index in [1.54, 1.807) is 0 Å². The Morgan fingerprint density at radius 1 is 1.03 bits per heavy atom. The first-order valence-corrected chi connectivity index (χ1v) is 12.7. The Labute approximate surface area is 195 Å². The smallest absolute Gasteiger partial charge is 0.244 e. The van der Waals surface area contributed by atoms with E-state index in [9.17, 15) is 22.4 Å². The first-order valence-electron chi connectivity index (χ1n) is 10.9. The molecule has 2 amide bonds. The van der Waals surface area contributed by atoms with Gasteiger partial charge in [0, 0.05) is 12.6 Å². The lowest BCUT2D eigenvalue weighted by atomic mass is 10.1. The molecule has 0 aliphatic carbocycles. The Morgan fingerprint density at radius 2 is 1.64 bits per heavy atom. The summed E-state index contributed by atoms with van der Waals surface area (Å²) >= 11 is 0. The van der Waals surface area contributed by atoms with Crippen LogP contribution >= 0.6 is 0 Å². The zero-order chi connectivity index (χ0) is 24.6. The number of nitrogens with one attached hydrogen (secondary N) is 1.